The Bertz CT molecular complexity index is 769. The van der Waals surface area contributed by atoms with Gasteiger partial charge in [0.2, 0.25) is 0 Å². The Balaban J connectivity index is 2.09. The quantitative estimate of drug-likeness (QED) is 0.880. The maximum Gasteiger partial charge on any atom is 0.154 e. The highest BCUT2D eigenvalue weighted by Gasteiger charge is 2.19. The fraction of sp³-hybridized carbons (Fsp3) is 0.471. The van der Waals surface area contributed by atoms with Crippen LogP contribution < -0.4 is 0 Å². The lowest BCUT2D eigenvalue weighted by molar-refractivity contribution is 0.0772. The zero-order chi connectivity index (χ0) is 17.3. The van der Waals surface area contributed by atoms with E-state index in [9.17, 15) is 13.5 Å². The monoisotopic (exact) mass is 336 g/mol. The number of sulfone groups is 1. The molecule has 1 aromatic heterocycles. The van der Waals surface area contributed by atoms with Gasteiger partial charge in [-0.2, -0.15) is 5.10 Å². The molecule has 0 amide bonds. The number of nitrogens with zero attached hydrogens (tertiary/aromatic N) is 2. The summed E-state index contributed by atoms with van der Waals surface area (Å²) in [6.45, 7) is 7.15. The minimum absolute atomic E-state index is 0.0134. The lowest BCUT2D eigenvalue weighted by atomic mass is 10.1. The molecular weight excluding hydrogens is 312 g/mol. The van der Waals surface area contributed by atoms with E-state index in [0.717, 1.165) is 22.6 Å². The predicted molar refractivity (Wildman–Crippen MR) is 91.4 cm³/mol. The fourth-order valence-corrected chi connectivity index (χ4v) is 4.01. The summed E-state index contributed by atoms with van der Waals surface area (Å²) in [7, 11) is -3.23. The fourth-order valence-electron chi connectivity index (χ4n) is 2.36. The highest BCUT2D eigenvalue weighted by Crippen LogP contribution is 2.16. The largest absolute Gasteiger partial charge is 0.390 e. The number of hydrogen-bond donors (Lipinski definition) is 1. The molecule has 0 aliphatic rings. The molecule has 0 bridgehead atoms. The van der Waals surface area contributed by atoms with E-state index in [2.05, 4.69) is 5.10 Å². The van der Waals surface area contributed by atoms with Crippen LogP contribution >= 0.6 is 0 Å². The summed E-state index contributed by atoms with van der Waals surface area (Å²) in [5, 5.41) is 14.1. The summed E-state index contributed by atoms with van der Waals surface area (Å²) in [6, 6.07) is 9.37. The highest BCUT2D eigenvalue weighted by atomic mass is 32.2. The molecule has 0 aliphatic carbocycles. The first-order valence-electron chi connectivity index (χ1n) is 7.61. The molecule has 6 heteroatoms. The Labute approximate surface area is 137 Å². The molecule has 2 rings (SSSR count). The first-order valence-corrected chi connectivity index (χ1v) is 9.43. The van der Waals surface area contributed by atoms with Crippen molar-refractivity contribution < 1.29 is 13.5 Å². The molecule has 0 atom stereocenters. The molecular formula is C17H24N2O3S. The average molecular weight is 336 g/mol. The Kier molecular flexibility index (Phi) is 4.96. The minimum Gasteiger partial charge on any atom is -0.390 e. The van der Waals surface area contributed by atoms with E-state index >= 15 is 0 Å². The van der Waals surface area contributed by atoms with Crippen molar-refractivity contribution in [2.45, 2.75) is 45.5 Å². The third-order valence-corrected chi connectivity index (χ3v) is 5.20. The van der Waals surface area contributed by atoms with Gasteiger partial charge in [-0.25, -0.2) is 13.1 Å². The van der Waals surface area contributed by atoms with Gasteiger partial charge in [-0.3, -0.25) is 0 Å². The van der Waals surface area contributed by atoms with Gasteiger partial charge in [0.1, 0.15) is 0 Å². The van der Waals surface area contributed by atoms with Crippen molar-refractivity contribution >= 4 is 9.84 Å². The second kappa shape index (κ2) is 6.45. The summed E-state index contributed by atoms with van der Waals surface area (Å²) in [4.78, 5) is 0. The van der Waals surface area contributed by atoms with E-state index in [-0.39, 0.29) is 17.9 Å². The molecule has 0 unspecified atom stereocenters. The Morgan fingerprint density at radius 2 is 1.78 bits per heavy atom. The molecule has 0 saturated heterocycles. The van der Waals surface area contributed by atoms with Crippen LogP contribution in [0.5, 0.6) is 0 Å². The molecule has 0 spiro atoms. The topological polar surface area (TPSA) is 72.2 Å². The second-order valence-corrected chi connectivity index (χ2v) is 8.84. The van der Waals surface area contributed by atoms with Crippen molar-refractivity contribution in [2.24, 2.45) is 0 Å². The van der Waals surface area contributed by atoms with E-state index in [4.69, 9.17) is 0 Å². The van der Waals surface area contributed by atoms with Crippen molar-refractivity contribution in [2.75, 3.05) is 5.75 Å². The van der Waals surface area contributed by atoms with E-state index in [1.54, 1.807) is 13.8 Å². The molecule has 2 aromatic rings. The van der Waals surface area contributed by atoms with Gasteiger partial charge < -0.3 is 5.11 Å². The van der Waals surface area contributed by atoms with Gasteiger partial charge >= 0.3 is 0 Å². The van der Waals surface area contributed by atoms with Gasteiger partial charge in [0, 0.05) is 5.69 Å². The standard InChI is InChI=1S/C17H24N2O3S/c1-13-11-14(2)19(18-13)16-7-5-15(6-8-16)12-23(21,22)10-9-17(3,4)20/h5-8,11,20H,9-10,12H2,1-4H3. The smallest absolute Gasteiger partial charge is 0.154 e. The van der Waals surface area contributed by atoms with E-state index in [0.29, 0.717) is 0 Å². The summed E-state index contributed by atoms with van der Waals surface area (Å²) < 4.78 is 26.1. The summed E-state index contributed by atoms with van der Waals surface area (Å²) in [5.74, 6) is -0.0316. The number of hydrogen-bond acceptors (Lipinski definition) is 4. The zero-order valence-corrected chi connectivity index (χ0v) is 14.9. The third-order valence-electron chi connectivity index (χ3n) is 3.60. The average Bonchev–Trinajstić information content (AvgIpc) is 2.75. The van der Waals surface area contributed by atoms with E-state index in [1.807, 2.05) is 48.9 Å². The van der Waals surface area contributed by atoms with Crippen molar-refractivity contribution in [3.8, 4) is 5.69 Å². The van der Waals surface area contributed by atoms with Gasteiger partial charge in [0.15, 0.2) is 9.84 Å². The van der Waals surface area contributed by atoms with Crippen LogP contribution in [0, 0.1) is 13.8 Å². The number of aryl methyl sites for hydroxylation is 2. The van der Waals surface area contributed by atoms with E-state index in [1.165, 1.54) is 0 Å². The SMILES string of the molecule is Cc1cc(C)n(-c2ccc(CS(=O)(=O)CCC(C)(C)O)cc2)n1. The minimum atomic E-state index is -3.23. The molecule has 1 aromatic carbocycles. The van der Waals surface area contributed by atoms with Crippen LogP contribution in [0.4, 0.5) is 0 Å². The van der Waals surface area contributed by atoms with Crippen molar-refractivity contribution in [1.82, 2.24) is 9.78 Å². The van der Waals surface area contributed by atoms with Gasteiger partial charge in [-0.05, 0) is 57.9 Å². The lowest BCUT2D eigenvalue weighted by Crippen LogP contribution is -2.23. The van der Waals surface area contributed by atoms with Gasteiger partial charge in [0.25, 0.3) is 0 Å². The predicted octanol–water partition coefficient (Wildman–Crippen LogP) is 2.56. The molecule has 5 nitrogen and oxygen atoms in total. The highest BCUT2D eigenvalue weighted by molar-refractivity contribution is 7.90. The molecule has 0 radical (unpaired) electrons. The molecule has 0 aliphatic heterocycles. The lowest BCUT2D eigenvalue weighted by Gasteiger charge is -2.16. The van der Waals surface area contributed by atoms with Crippen molar-refractivity contribution in [1.29, 1.82) is 0 Å². The Morgan fingerprint density at radius 3 is 2.26 bits per heavy atom. The first-order chi connectivity index (χ1) is 10.6. The number of rotatable bonds is 6. The molecule has 23 heavy (non-hydrogen) atoms. The summed E-state index contributed by atoms with van der Waals surface area (Å²) >= 11 is 0. The summed E-state index contributed by atoms with van der Waals surface area (Å²) in [6.07, 6.45) is 0.235. The molecule has 0 fully saturated rings. The molecule has 1 heterocycles. The van der Waals surface area contributed by atoms with Crippen LogP contribution in [0.25, 0.3) is 5.69 Å². The number of aromatic nitrogens is 2. The van der Waals surface area contributed by atoms with Gasteiger partial charge in [0.05, 0.1) is 28.5 Å². The second-order valence-electron chi connectivity index (χ2n) is 6.66. The van der Waals surface area contributed by atoms with Crippen molar-refractivity contribution in [3.05, 3.63) is 47.3 Å². The van der Waals surface area contributed by atoms with Crippen molar-refractivity contribution in [3.63, 3.8) is 0 Å². The van der Waals surface area contributed by atoms with E-state index < -0.39 is 15.4 Å². The number of benzene rings is 1. The maximum atomic E-state index is 12.1. The zero-order valence-electron chi connectivity index (χ0n) is 14.1. The van der Waals surface area contributed by atoms with Gasteiger partial charge in [-0.15, -0.1) is 0 Å². The summed E-state index contributed by atoms with van der Waals surface area (Å²) in [5.41, 5.74) is 2.67. The first kappa shape index (κ1) is 17.7. The molecule has 0 saturated carbocycles. The van der Waals surface area contributed by atoms with Crippen LogP contribution in [0.2, 0.25) is 0 Å². The van der Waals surface area contributed by atoms with Gasteiger partial charge in [-0.1, -0.05) is 12.1 Å². The third kappa shape index (κ3) is 5.18. The molecule has 126 valence electrons. The normalized spacial score (nSPS) is 12.6. The maximum absolute atomic E-state index is 12.1. The van der Waals surface area contributed by atoms with Crippen LogP contribution in [0.15, 0.2) is 30.3 Å². The van der Waals surface area contributed by atoms with Crippen LogP contribution in [-0.4, -0.2) is 34.7 Å². The van der Waals surface area contributed by atoms with Crippen LogP contribution in [-0.2, 0) is 15.6 Å². The molecule has 1 N–H and O–H groups in total. The Morgan fingerprint density at radius 1 is 1.17 bits per heavy atom. The number of aliphatic hydroxyl groups is 1. The Hall–Kier alpha value is -1.66. The van der Waals surface area contributed by atoms with Crippen LogP contribution in [0.1, 0.15) is 37.2 Å². The van der Waals surface area contributed by atoms with Crippen LogP contribution in [0.3, 0.4) is 0 Å².